The maximum absolute atomic E-state index is 12.6. The van der Waals surface area contributed by atoms with E-state index in [-0.39, 0.29) is 5.92 Å². The number of benzene rings is 2. The molecule has 0 saturated heterocycles. The molecule has 0 aliphatic heterocycles. The van der Waals surface area contributed by atoms with E-state index in [1.165, 1.54) is 18.2 Å². The van der Waals surface area contributed by atoms with E-state index >= 15 is 0 Å². The number of hydrogen-bond donors (Lipinski definition) is 0. The van der Waals surface area contributed by atoms with E-state index < -0.39 is 0 Å². The molecule has 0 aromatic heterocycles. The number of fused-ring (bicyclic) bond motifs is 1. The summed E-state index contributed by atoms with van der Waals surface area (Å²) in [5, 5.41) is 2.37. The third kappa shape index (κ3) is 2.56. The van der Waals surface area contributed by atoms with E-state index in [1.807, 2.05) is 18.2 Å². The predicted octanol–water partition coefficient (Wildman–Crippen LogP) is 4.85. The molecule has 1 saturated carbocycles. The summed E-state index contributed by atoms with van der Waals surface area (Å²) in [6, 6.07) is 14.3. The standard InChI is InChI=1S/C18H20O/c1-13-6-8-15(9-7-13)18(19)17-11-10-14-4-2-3-5-16(14)12-17/h2-5,10-13,15H,6-9H2,1H3. The van der Waals surface area contributed by atoms with Crippen LogP contribution in [0.2, 0.25) is 0 Å². The molecule has 1 fully saturated rings. The highest BCUT2D eigenvalue weighted by Crippen LogP contribution is 2.31. The molecule has 0 spiro atoms. The van der Waals surface area contributed by atoms with Crippen molar-refractivity contribution in [1.82, 2.24) is 0 Å². The summed E-state index contributed by atoms with van der Waals surface area (Å²) in [5.41, 5.74) is 0.887. The average Bonchev–Trinajstić information content (AvgIpc) is 2.47. The fourth-order valence-electron chi connectivity index (χ4n) is 3.10. The van der Waals surface area contributed by atoms with Crippen LogP contribution in [0.5, 0.6) is 0 Å². The minimum absolute atomic E-state index is 0.248. The topological polar surface area (TPSA) is 17.1 Å². The van der Waals surface area contributed by atoms with E-state index in [4.69, 9.17) is 0 Å². The number of rotatable bonds is 2. The van der Waals surface area contributed by atoms with Crippen molar-refractivity contribution in [3.63, 3.8) is 0 Å². The second-order valence-corrected chi connectivity index (χ2v) is 5.88. The number of ketones is 1. The molecule has 0 N–H and O–H groups in total. The van der Waals surface area contributed by atoms with Gasteiger partial charge in [0, 0.05) is 11.5 Å². The van der Waals surface area contributed by atoms with Crippen LogP contribution in [0.1, 0.15) is 43.0 Å². The van der Waals surface area contributed by atoms with Crippen LogP contribution in [-0.2, 0) is 0 Å². The van der Waals surface area contributed by atoms with Crippen molar-refractivity contribution in [3.8, 4) is 0 Å². The van der Waals surface area contributed by atoms with Gasteiger partial charge >= 0.3 is 0 Å². The molecule has 1 nitrogen and oxygen atoms in total. The van der Waals surface area contributed by atoms with E-state index in [2.05, 4.69) is 31.2 Å². The van der Waals surface area contributed by atoms with Gasteiger partial charge in [-0.25, -0.2) is 0 Å². The number of Topliss-reactive ketones (excluding diaryl/α,β-unsaturated/α-hetero) is 1. The third-order valence-corrected chi connectivity index (χ3v) is 4.42. The molecular weight excluding hydrogens is 232 g/mol. The Morgan fingerprint density at radius 3 is 2.37 bits per heavy atom. The fourth-order valence-corrected chi connectivity index (χ4v) is 3.10. The quantitative estimate of drug-likeness (QED) is 0.698. The highest BCUT2D eigenvalue weighted by atomic mass is 16.1. The van der Waals surface area contributed by atoms with Gasteiger partial charge in [0.25, 0.3) is 0 Å². The van der Waals surface area contributed by atoms with Gasteiger partial charge in [-0.05, 0) is 35.6 Å². The molecule has 0 atom stereocenters. The van der Waals surface area contributed by atoms with Crippen molar-refractivity contribution in [3.05, 3.63) is 48.0 Å². The van der Waals surface area contributed by atoms with Crippen LogP contribution in [0.25, 0.3) is 10.8 Å². The van der Waals surface area contributed by atoms with Crippen LogP contribution in [-0.4, -0.2) is 5.78 Å². The Morgan fingerprint density at radius 1 is 0.947 bits per heavy atom. The first-order valence-electron chi connectivity index (χ1n) is 7.27. The van der Waals surface area contributed by atoms with Crippen LogP contribution in [0.3, 0.4) is 0 Å². The molecule has 0 radical (unpaired) electrons. The first-order chi connectivity index (χ1) is 9.24. The predicted molar refractivity (Wildman–Crippen MR) is 79.4 cm³/mol. The zero-order valence-electron chi connectivity index (χ0n) is 11.4. The maximum atomic E-state index is 12.6. The van der Waals surface area contributed by atoms with Crippen LogP contribution >= 0.6 is 0 Å². The highest BCUT2D eigenvalue weighted by Gasteiger charge is 2.25. The molecule has 1 aliphatic rings. The highest BCUT2D eigenvalue weighted by molar-refractivity contribution is 6.01. The zero-order chi connectivity index (χ0) is 13.2. The largest absolute Gasteiger partial charge is 0.294 e. The van der Waals surface area contributed by atoms with Crippen LogP contribution in [0.15, 0.2) is 42.5 Å². The normalized spacial score (nSPS) is 23.4. The van der Waals surface area contributed by atoms with Gasteiger partial charge in [-0.2, -0.15) is 0 Å². The molecule has 0 unspecified atom stereocenters. The Labute approximate surface area is 114 Å². The van der Waals surface area contributed by atoms with E-state index in [9.17, 15) is 4.79 Å². The van der Waals surface area contributed by atoms with Crippen LogP contribution in [0.4, 0.5) is 0 Å². The first kappa shape index (κ1) is 12.4. The SMILES string of the molecule is CC1CCC(C(=O)c2ccc3ccccc3c2)CC1. The van der Waals surface area contributed by atoms with Crippen molar-refractivity contribution < 1.29 is 4.79 Å². The molecule has 1 heteroatoms. The Morgan fingerprint density at radius 2 is 1.63 bits per heavy atom. The Hall–Kier alpha value is -1.63. The van der Waals surface area contributed by atoms with E-state index in [0.29, 0.717) is 5.78 Å². The van der Waals surface area contributed by atoms with Crippen molar-refractivity contribution >= 4 is 16.6 Å². The van der Waals surface area contributed by atoms with Crippen LogP contribution < -0.4 is 0 Å². The molecule has 19 heavy (non-hydrogen) atoms. The molecular formula is C18H20O. The lowest BCUT2D eigenvalue weighted by Crippen LogP contribution is -2.20. The summed E-state index contributed by atoms with van der Waals surface area (Å²) in [6.45, 7) is 2.29. The van der Waals surface area contributed by atoms with Crippen LogP contribution in [0, 0.1) is 11.8 Å². The Bertz CT molecular complexity index is 591. The summed E-state index contributed by atoms with van der Waals surface area (Å²) in [7, 11) is 0. The third-order valence-electron chi connectivity index (χ3n) is 4.42. The molecule has 1 aliphatic carbocycles. The monoisotopic (exact) mass is 252 g/mol. The molecule has 3 rings (SSSR count). The Kier molecular flexibility index (Phi) is 3.37. The van der Waals surface area contributed by atoms with Gasteiger partial charge in [-0.1, -0.05) is 56.2 Å². The lowest BCUT2D eigenvalue weighted by molar-refractivity contribution is 0.0876. The number of carbonyl (C=O) groups excluding carboxylic acids is 1. The second-order valence-electron chi connectivity index (χ2n) is 5.88. The number of carbonyl (C=O) groups is 1. The van der Waals surface area contributed by atoms with Gasteiger partial charge < -0.3 is 0 Å². The molecule has 0 amide bonds. The molecule has 2 aromatic rings. The molecule has 98 valence electrons. The van der Waals surface area contributed by atoms with Gasteiger partial charge in [0.05, 0.1) is 0 Å². The summed E-state index contributed by atoms with van der Waals surface area (Å²) in [4.78, 5) is 12.6. The summed E-state index contributed by atoms with van der Waals surface area (Å²) in [6.07, 6.45) is 4.52. The number of hydrogen-bond acceptors (Lipinski definition) is 1. The smallest absolute Gasteiger partial charge is 0.165 e. The van der Waals surface area contributed by atoms with Crippen molar-refractivity contribution in [2.75, 3.05) is 0 Å². The second kappa shape index (κ2) is 5.16. The fraction of sp³-hybridized carbons (Fsp3) is 0.389. The minimum Gasteiger partial charge on any atom is -0.294 e. The van der Waals surface area contributed by atoms with Crippen molar-refractivity contribution in [2.24, 2.45) is 11.8 Å². The van der Waals surface area contributed by atoms with Gasteiger partial charge in [0.2, 0.25) is 0 Å². The Balaban J connectivity index is 1.85. The lowest BCUT2D eigenvalue weighted by atomic mass is 9.79. The summed E-state index contributed by atoms with van der Waals surface area (Å²) < 4.78 is 0. The first-order valence-corrected chi connectivity index (χ1v) is 7.27. The molecule has 0 bridgehead atoms. The average molecular weight is 252 g/mol. The van der Waals surface area contributed by atoms with Gasteiger partial charge in [0.1, 0.15) is 0 Å². The summed E-state index contributed by atoms with van der Waals surface area (Å²) >= 11 is 0. The van der Waals surface area contributed by atoms with Crippen molar-refractivity contribution in [1.29, 1.82) is 0 Å². The van der Waals surface area contributed by atoms with Crippen molar-refractivity contribution in [2.45, 2.75) is 32.6 Å². The minimum atomic E-state index is 0.248. The maximum Gasteiger partial charge on any atom is 0.165 e. The molecule has 2 aromatic carbocycles. The van der Waals surface area contributed by atoms with Gasteiger partial charge in [-0.15, -0.1) is 0 Å². The zero-order valence-corrected chi connectivity index (χ0v) is 11.4. The molecule has 0 heterocycles. The van der Waals surface area contributed by atoms with E-state index in [0.717, 1.165) is 29.7 Å². The van der Waals surface area contributed by atoms with Gasteiger partial charge in [-0.3, -0.25) is 4.79 Å². The lowest BCUT2D eigenvalue weighted by Gasteiger charge is -2.25. The van der Waals surface area contributed by atoms with E-state index in [1.54, 1.807) is 0 Å². The summed E-state index contributed by atoms with van der Waals surface area (Å²) in [5.74, 6) is 1.38. The van der Waals surface area contributed by atoms with Gasteiger partial charge in [0.15, 0.2) is 5.78 Å².